The van der Waals surface area contributed by atoms with E-state index in [0.717, 1.165) is 6.42 Å². The molecule has 1 heterocycles. The van der Waals surface area contributed by atoms with Crippen molar-refractivity contribution in [3.63, 3.8) is 0 Å². The Bertz CT molecular complexity index is 651. The smallest absolute Gasteiger partial charge is 0.241 e. The molecule has 1 saturated carbocycles. The molecule has 22 heavy (non-hydrogen) atoms. The second-order valence-corrected chi connectivity index (χ2v) is 8.68. The highest BCUT2D eigenvalue weighted by Crippen LogP contribution is 2.41. The predicted octanol–water partition coefficient (Wildman–Crippen LogP) is 0.825. The Labute approximate surface area is 131 Å². The number of hydrogen-bond donors (Lipinski definition) is 2. The summed E-state index contributed by atoms with van der Waals surface area (Å²) in [5, 5.41) is 6.10. The number of benzene rings is 1. The number of hydrogen-bond acceptors (Lipinski definition) is 4. The lowest BCUT2D eigenvalue weighted by molar-refractivity contribution is -0.124. The van der Waals surface area contributed by atoms with Crippen molar-refractivity contribution in [3.05, 3.63) is 35.9 Å². The largest absolute Gasteiger partial charge is 0.351 e. The summed E-state index contributed by atoms with van der Waals surface area (Å²) in [7, 11) is -3.44. The molecular formula is C16H22N2O3S. The summed E-state index contributed by atoms with van der Waals surface area (Å²) in [6.45, 7) is 1.13. The fourth-order valence-corrected chi connectivity index (χ4v) is 4.66. The van der Waals surface area contributed by atoms with E-state index >= 15 is 0 Å². The van der Waals surface area contributed by atoms with Gasteiger partial charge in [0, 0.05) is 18.2 Å². The molecule has 1 aromatic rings. The Hall–Kier alpha value is -1.40. The molecule has 1 amide bonds. The molecule has 0 aromatic heterocycles. The van der Waals surface area contributed by atoms with Gasteiger partial charge in [0.15, 0.2) is 14.6 Å². The summed E-state index contributed by atoms with van der Waals surface area (Å²) in [6, 6.07) is 10.1. The molecule has 6 heteroatoms. The Balaban J connectivity index is 1.71. The second-order valence-electron chi connectivity index (χ2n) is 6.35. The zero-order valence-corrected chi connectivity index (χ0v) is 13.5. The first-order valence-corrected chi connectivity index (χ1v) is 9.59. The van der Waals surface area contributed by atoms with E-state index in [9.17, 15) is 13.2 Å². The molecule has 1 aliphatic heterocycles. The lowest BCUT2D eigenvalue weighted by atomic mass is 9.95. The molecule has 2 atom stereocenters. The van der Waals surface area contributed by atoms with Crippen molar-refractivity contribution in [3.8, 4) is 0 Å². The van der Waals surface area contributed by atoms with E-state index in [0.29, 0.717) is 31.8 Å². The molecule has 3 rings (SSSR count). The minimum Gasteiger partial charge on any atom is -0.351 e. The van der Waals surface area contributed by atoms with Crippen LogP contribution < -0.4 is 10.6 Å². The number of piperidine rings is 1. The van der Waals surface area contributed by atoms with Gasteiger partial charge in [0.05, 0.1) is 0 Å². The van der Waals surface area contributed by atoms with Gasteiger partial charge in [-0.25, -0.2) is 8.42 Å². The summed E-state index contributed by atoms with van der Waals surface area (Å²) >= 11 is 0. The molecule has 1 saturated heterocycles. The summed E-state index contributed by atoms with van der Waals surface area (Å²) < 4.78 is 23.2. The van der Waals surface area contributed by atoms with Gasteiger partial charge in [-0.05, 0) is 37.9 Å². The fourth-order valence-electron chi connectivity index (χ4n) is 3.32. The molecular weight excluding hydrogens is 300 g/mol. The van der Waals surface area contributed by atoms with Crippen molar-refractivity contribution in [1.82, 2.24) is 10.6 Å². The summed E-state index contributed by atoms with van der Waals surface area (Å²) in [5.74, 6) is -0.0107. The van der Waals surface area contributed by atoms with Gasteiger partial charge in [0.25, 0.3) is 0 Å². The molecule has 2 N–H and O–H groups in total. The van der Waals surface area contributed by atoms with Crippen molar-refractivity contribution in [2.45, 2.75) is 36.0 Å². The lowest BCUT2D eigenvalue weighted by Gasteiger charge is -2.34. The van der Waals surface area contributed by atoms with Gasteiger partial charge < -0.3 is 10.6 Å². The molecule has 1 aromatic carbocycles. The van der Waals surface area contributed by atoms with Crippen LogP contribution in [0.1, 0.15) is 30.7 Å². The summed E-state index contributed by atoms with van der Waals surface area (Å²) in [4.78, 5) is 12.7. The normalized spacial score (nSPS) is 27.1. The van der Waals surface area contributed by atoms with Crippen LogP contribution in [-0.4, -0.2) is 44.5 Å². The quantitative estimate of drug-likeness (QED) is 0.861. The van der Waals surface area contributed by atoms with Crippen LogP contribution in [-0.2, 0) is 14.6 Å². The standard InChI is InChI=1S/C16H22N2O3S/c1-22(20,21)16(7-9-17-10-8-16)15(19)18-14-11-13(14)12-5-3-2-4-6-12/h2-6,13-14,17H,7-11H2,1H3,(H,18,19). The topological polar surface area (TPSA) is 75.3 Å². The third-order valence-electron chi connectivity index (χ3n) is 4.87. The summed E-state index contributed by atoms with van der Waals surface area (Å²) in [6.07, 6.45) is 2.76. The third-order valence-corrected chi connectivity index (χ3v) is 6.88. The van der Waals surface area contributed by atoms with Crippen molar-refractivity contribution in [2.75, 3.05) is 19.3 Å². The highest BCUT2D eigenvalue weighted by Gasteiger charge is 2.51. The number of carbonyl (C=O) groups excluding carboxylic acids is 1. The van der Waals surface area contributed by atoms with Gasteiger partial charge >= 0.3 is 0 Å². The third kappa shape index (κ3) is 2.77. The molecule has 2 aliphatic rings. The predicted molar refractivity (Wildman–Crippen MR) is 85.4 cm³/mol. The molecule has 2 fully saturated rings. The van der Waals surface area contributed by atoms with Crippen LogP contribution in [0.3, 0.4) is 0 Å². The van der Waals surface area contributed by atoms with Gasteiger partial charge in [0.1, 0.15) is 0 Å². The van der Waals surface area contributed by atoms with Gasteiger partial charge in [-0.2, -0.15) is 0 Å². The van der Waals surface area contributed by atoms with Gasteiger partial charge in [0.2, 0.25) is 5.91 Å². The van der Waals surface area contributed by atoms with Crippen LogP contribution in [0.2, 0.25) is 0 Å². The molecule has 2 unspecified atom stereocenters. The average Bonchev–Trinajstić information content (AvgIpc) is 3.27. The van der Waals surface area contributed by atoms with E-state index in [2.05, 4.69) is 10.6 Å². The van der Waals surface area contributed by atoms with Gasteiger partial charge in [-0.1, -0.05) is 30.3 Å². The molecule has 5 nitrogen and oxygen atoms in total. The number of rotatable bonds is 4. The highest BCUT2D eigenvalue weighted by atomic mass is 32.2. The van der Waals surface area contributed by atoms with Crippen LogP contribution in [0.5, 0.6) is 0 Å². The van der Waals surface area contributed by atoms with Crippen LogP contribution >= 0.6 is 0 Å². The second kappa shape index (κ2) is 5.66. The highest BCUT2D eigenvalue weighted by molar-refractivity contribution is 7.92. The Morgan fingerprint density at radius 3 is 2.45 bits per heavy atom. The molecule has 0 spiro atoms. The van der Waals surface area contributed by atoms with Crippen molar-refractivity contribution in [1.29, 1.82) is 0 Å². The zero-order valence-electron chi connectivity index (χ0n) is 12.7. The minimum atomic E-state index is -3.44. The van der Waals surface area contributed by atoms with Crippen molar-refractivity contribution in [2.24, 2.45) is 0 Å². The van der Waals surface area contributed by atoms with Crippen LogP contribution in [0.25, 0.3) is 0 Å². The Morgan fingerprint density at radius 1 is 1.23 bits per heavy atom. The maximum absolute atomic E-state index is 12.7. The SMILES string of the molecule is CS(=O)(=O)C1(C(=O)NC2CC2c2ccccc2)CCNCC1. The number of sulfone groups is 1. The minimum absolute atomic E-state index is 0.0587. The van der Waals surface area contributed by atoms with Crippen LogP contribution in [0.15, 0.2) is 30.3 Å². The number of amides is 1. The van der Waals surface area contributed by atoms with E-state index in [-0.39, 0.29) is 11.9 Å². The van der Waals surface area contributed by atoms with E-state index in [4.69, 9.17) is 0 Å². The molecule has 0 radical (unpaired) electrons. The zero-order chi connectivity index (χ0) is 15.8. The molecule has 0 bridgehead atoms. The van der Waals surface area contributed by atoms with E-state index in [1.165, 1.54) is 11.8 Å². The lowest BCUT2D eigenvalue weighted by Crippen LogP contribution is -2.57. The summed E-state index contributed by atoms with van der Waals surface area (Å²) in [5.41, 5.74) is 1.20. The van der Waals surface area contributed by atoms with E-state index in [1.807, 2.05) is 30.3 Å². The van der Waals surface area contributed by atoms with Gasteiger partial charge in [-0.15, -0.1) is 0 Å². The van der Waals surface area contributed by atoms with Crippen LogP contribution in [0, 0.1) is 0 Å². The van der Waals surface area contributed by atoms with Crippen molar-refractivity contribution >= 4 is 15.7 Å². The maximum atomic E-state index is 12.7. The first-order chi connectivity index (χ1) is 10.4. The first kappa shape index (κ1) is 15.5. The van der Waals surface area contributed by atoms with Gasteiger partial charge in [-0.3, -0.25) is 4.79 Å². The Morgan fingerprint density at radius 2 is 1.86 bits per heavy atom. The molecule has 120 valence electrons. The Kier molecular flexibility index (Phi) is 3.99. The fraction of sp³-hybridized carbons (Fsp3) is 0.562. The monoisotopic (exact) mass is 322 g/mol. The van der Waals surface area contributed by atoms with Crippen molar-refractivity contribution < 1.29 is 13.2 Å². The molecule has 1 aliphatic carbocycles. The number of nitrogens with one attached hydrogen (secondary N) is 2. The van der Waals surface area contributed by atoms with E-state index < -0.39 is 14.6 Å². The maximum Gasteiger partial charge on any atom is 0.241 e. The average molecular weight is 322 g/mol. The first-order valence-electron chi connectivity index (χ1n) is 7.70. The number of carbonyl (C=O) groups is 1. The van der Waals surface area contributed by atoms with Crippen LogP contribution in [0.4, 0.5) is 0 Å². The van der Waals surface area contributed by atoms with E-state index in [1.54, 1.807) is 0 Å².